The molecule has 0 aromatic heterocycles. The Morgan fingerprint density at radius 3 is 2.16 bits per heavy atom. The van der Waals surface area contributed by atoms with Crippen LogP contribution in [0.5, 0.6) is 0 Å². The first-order chi connectivity index (χ1) is 14.9. The Morgan fingerprint density at radius 2 is 1.52 bits per heavy atom. The summed E-state index contributed by atoms with van der Waals surface area (Å²) >= 11 is 0. The van der Waals surface area contributed by atoms with Gasteiger partial charge in [0.15, 0.2) is 0 Å². The number of primary amides is 1. The van der Waals surface area contributed by atoms with E-state index in [-0.39, 0.29) is 37.6 Å². The Balaban J connectivity index is 4.74. The van der Waals surface area contributed by atoms with E-state index in [1.807, 2.05) is 0 Å². The molecule has 1 unspecified atom stereocenters. The minimum Gasteiger partial charge on any atom is -0.448 e. The summed E-state index contributed by atoms with van der Waals surface area (Å²) in [7, 11) is 0. The lowest BCUT2D eigenvalue weighted by atomic mass is 10.1. The molecule has 0 saturated carbocycles. The molecule has 3 amide bonds. The van der Waals surface area contributed by atoms with Gasteiger partial charge in [0.25, 0.3) is 0 Å². The lowest BCUT2D eigenvalue weighted by Gasteiger charge is -2.24. The second-order valence-corrected chi connectivity index (χ2v) is 7.52. The van der Waals surface area contributed by atoms with Crippen LogP contribution < -0.4 is 33.6 Å². The van der Waals surface area contributed by atoms with Crippen molar-refractivity contribution in [1.29, 1.82) is 0 Å². The van der Waals surface area contributed by atoms with E-state index in [1.165, 1.54) is 0 Å². The predicted molar refractivity (Wildman–Crippen MR) is 121 cm³/mol. The minimum atomic E-state index is -0.893. The highest BCUT2D eigenvalue weighted by Crippen LogP contribution is 2.03. The molecule has 182 valence electrons. The van der Waals surface area contributed by atoms with Crippen molar-refractivity contribution in [3.8, 4) is 0 Å². The van der Waals surface area contributed by atoms with Gasteiger partial charge >= 0.3 is 6.09 Å². The van der Waals surface area contributed by atoms with Crippen LogP contribution in [0, 0.1) is 0 Å². The highest BCUT2D eigenvalue weighted by Gasteiger charge is 2.19. The highest BCUT2D eigenvalue weighted by molar-refractivity contribution is 5.85. The van der Waals surface area contributed by atoms with Gasteiger partial charge in [0.2, 0.25) is 11.8 Å². The number of carbonyl (C=O) groups is 3. The summed E-state index contributed by atoms with van der Waals surface area (Å²) in [5.74, 6) is -0.440. The van der Waals surface area contributed by atoms with E-state index in [4.69, 9.17) is 27.7 Å². The van der Waals surface area contributed by atoms with Gasteiger partial charge < -0.3 is 43.2 Å². The topological polar surface area (TPSA) is 192 Å². The van der Waals surface area contributed by atoms with Crippen molar-refractivity contribution >= 4 is 17.9 Å². The first-order valence-corrected chi connectivity index (χ1v) is 11.2. The molecule has 11 heteroatoms. The zero-order chi connectivity index (χ0) is 23.3. The van der Waals surface area contributed by atoms with Crippen LogP contribution >= 0.6 is 0 Å². The van der Waals surface area contributed by atoms with E-state index in [0.717, 1.165) is 44.9 Å². The molecule has 0 fully saturated rings. The van der Waals surface area contributed by atoms with Crippen molar-refractivity contribution in [3.63, 3.8) is 0 Å². The molecule has 1 atom stereocenters. The molecule has 0 spiro atoms. The van der Waals surface area contributed by atoms with Crippen molar-refractivity contribution in [2.24, 2.45) is 22.9 Å². The largest absolute Gasteiger partial charge is 0.448 e. The fraction of sp³-hybridized carbons (Fsp3) is 0.850. The summed E-state index contributed by atoms with van der Waals surface area (Å²) in [6.45, 7) is 3.03. The fourth-order valence-electron chi connectivity index (χ4n) is 2.98. The second kappa shape index (κ2) is 20.0. The quantitative estimate of drug-likeness (QED) is 0.128. The van der Waals surface area contributed by atoms with Crippen LogP contribution in [0.4, 0.5) is 4.79 Å². The number of nitrogens with two attached hydrogens (primary N) is 4. The smallest absolute Gasteiger partial charge is 0.404 e. The van der Waals surface area contributed by atoms with E-state index < -0.39 is 6.09 Å². The minimum absolute atomic E-state index is 0.0151. The lowest BCUT2D eigenvalue weighted by Crippen LogP contribution is -2.48. The van der Waals surface area contributed by atoms with E-state index in [1.54, 1.807) is 4.90 Å². The Morgan fingerprint density at radius 1 is 0.871 bits per heavy atom. The molecule has 0 aliphatic carbocycles. The third-order valence-corrected chi connectivity index (χ3v) is 4.70. The van der Waals surface area contributed by atoms with Crippen LogP contribution in [0.1, 0.15) is 51.4 Å². The van der Waals surface area contributed by atoms with Gasteiger partial charge in [0.1, 0.15) is 6.61 Å². The number of ether oxygens (including phenoxy) is 1. The molecule has 0 aromatic carbocycles. The first-order valence-electron chi connectivity index (χ1n) is 11.2. The SMILES string of the molecule is NCCCCCN(CC(=O)NC(CCCCN)COC(N)=O)C(=O)CNCCCCN. The normalized spacial score (nSPS) is 11.7. The maximum absolute atomic E-state index is 12.6. The number of carbonyl (C=O) groups excluding carboxylic acids is 3. The van der Waals surface area contributed by atoms with Gasteiger partial charge in [-0.15, -0.1) is 0 Å². The van der Waals surface area contributed by atoms with Crippen LogP contribution in [-0.4, -0.2) is 81.3 Å². The second-order valence-electron chi connectivity index (χ2n) is 7.52. The van der Waals surface area contributed by atoms with Gasteiger partial charge in [-0.25, -0.2) is 4.79 Å². The van der Waals surface area contributed by atoms with Gasteiger partial charge in [-0.3, -0.25) is 9.59 Å². The van der Waals surface area contributed by atoms with Gasteiger partial charge in [0, 0.05) is 6.54 Å². The molecule has 0 aliphatic rings. The van der Waals surface area contributed by atoms with E-state index in [9.17, 15) is 14.4 Å². The maximum atomic E-state index is 12.6. The van der Waals surface area contributed by atoms with Crippen molar-refractivity contribution in [3.05, 3.63) is 0 Å². The Labute approximate surface area is 185 Å². The molecule has 0 aromatic rings. The Bertz CT molecular complexity index is 494. The van der Waals surface area contributed by atoms with Crippen LogP contribution in [0.2, 0.25) is 0 Å². The first kappa shape index (κ1) is 29.1. The number of amides is 3. The third-order valence-electron chi connectivity index (χ3n) is 4.70. The molecule has 0 aliphatic heterocycles. The van der Waals surface area contributed by atoms with Crippen molar-refractivity contribution in [2.45, 2.75) is 57.4 Å². The summed E-state index contributed by atoms with van der Waals surface area (Å²) in [5, 5.41) is 5.94. The van der Waals surface area contributed by atoms with Crippen molar-refractivity contribution in [2.75, 3.05) is 52.4 Å². The number of nitrogens with one attached hydrogen (secondary N) is 2. The van der Waals surface area contributed by atoms with Crippen LogP contribution in [0.15, 0.2) is 0 Å². The standard InChI is InChI=1S/C20H43N7O4/c21-9-3-1-7-13-27(19(29)14-25-12-6-5-11-23)15-18(28)26-17(8-2-4-10-22)16-31-20(24)30/h17,25H,1-16,21-23H2,(H2,24,30)(H,26,28). The van der Waals surface area contributed by atoms with Crippen LogP contribution in [0.3, 0.4) is 0 Å². The molecule has 0 heterocycles. The maximum Gasteiger partial charge on any atom is 0.404 e. The molecular weight excluding hydrogens is 402 g/mol. The van der Waals surface area contributed by atoms with Gasteiger partial charge in [-0.05, 0) is 64.7 Å². The molecule has 0 bridgehead atoms. The number of nitrogens with zero attached hydrogens (tertiary/aromatic N) is 1. The average molecular weight is 446 g/mol. The number of hydrogen-bond acceptors (Lipinski definition) is 8. The lowest BCUT2D eigenvalue weighted by molar-refractivity contribution is -0.135. The zero-order valence-corrected chi connectivity index (χ0v) is 18.8. The van der Waals surface area contributed by atoms with E-state index in [0.29, 0.717) is 39.1 Å². The molecule has 11 nitrogen and oxygen atoms in total. The average Bonchev–Trinajstić information content (AvgIpc) is 2.73. The van der Waals surface area contributed by atoms with Gasteiger partial charge in [-0.1, -0.05) is 12.8 Å². The summed E-state index contributed by atoms with van der Waals surface area (Å²) in [5.41, 5.74) is 21.6. The summed E-state index contributed by atoms with van der Waals surface area (Å²) < 4.78 is 4.85. The predicted octanol–water partition coefficient (Wildman–Crippen LogP) is -1.02. The van der Waals surface area contributed by atoms with Gasteiger partial charge in [0.05, 0.1) is 19.1 Å². The molecule has 10 N–H and O–H groups in total. The Kier molecular flexibility index (Phi) is 18.7. The molecule has 0 saturated heterocycles. The van der Waals surface area contributed by atoms with Crippen LogP contribution in [-0.2, 0) is 14.3 Å². The molecule has 0 radical (unpaired) electrons. The van der Waals surface area contributed by atoms with Crippen molar-refractivity contribution in [1.82, 2.24) is 15.5 Å². The number of rotatable bonds is 20. The number of unbranched alkanes of at least 4 members (excludes halogenated alkanes) is 4. The summed E-state index contributed by atoms with van der Waals surface area (Å²) in [4.78, 5) is 37.7. The molecule has 0 rings (SSSR count). The van der Waals surface area contributed by atoms with Gasteiger partial charge in [-0.2, -0.15) is 0 Å². The van der Waals surface area contributed by atoms with E-state index in [2.05, 4.69) is 10.6 Å². The zero-order valence-electron chi connectivity index (χ0n) is 18.8. The molecular formula is C20H43N7O4. The summed E-state index contributed by atoms with van der Waals surface area (Å²) in [6.07, 6.45) is 5.60. The molecule has 31 heavy (non-hydrogen) atoms. The highest BCUT2D eigenvalue weighted by atomic mass is 16.5. The van der Waals surface area contributed by atoms with Crippen LogP contribution in [0.25, 0.3) is 0 Å². The van der Waals surface area contributed by atoms with Crippen molar-refractivity contribution < 1.29 is 19.1 Å². The number of hydrogen-bond donors (Lipinski definition) is 6. The monoisotopic (exact) mass is 445 g/mol. The Hall–Kier alpha value is -1.95. The third kappa shape index (κ3) is 17.4. The fourth-order valence-corrected chi connectivity index (χ4v) is 2.98. The summed E-state index contributed by atoms with van der Waals surface area (Å²) in [6, 6.07) is -0.380. The van der Waals surface area contributed by atoms with E-state index >= 15 is 0 Å².